The molecule has 0 aliphatic carbocycles. The number of nitrogens with one attached hydrogen (secondary N) is 3. The number of carbonyl (C=O) groups is 2. The number of anilines is 2. The normalized spacial score (nSPS) is 12.5. The number of amides is 3. The molecule has 0 saturated heterocycles. The highest BCUT2D eigenvalue weighted by atomic mass is 32.1. The lowest BCUT2D eigenvalue weighted by Crippen LogP contribution is -2.49. The fourth-order valence-corrected chi connectivity index (χ4v) is 3.62. The Labute approximate surface area is 185 Å². The standard InChI is InChI=1S/C22H25N5O3S/c1-4-14(2)18(24-21(29)23-16-11-8-12-17(13-16)30-3)19(28)25-22-27-26-20(31-22)15-9-6-5-7-10-15/h5-14,18H,4H2,1-3H3,(H2,23,24,29)(H,25,27,28)/t14-,18-/m1/s1. The average molecular weight is 440 g/mol. The number of aromatic nitrogens is 2. The average Bonchev–Trinajstić information content (AvgIpc) is 3.26. The molecule has 0 radical (unpaired) electrons. The van der Waals surface area contributed by atoms with Crippen molar-refractivity contribution < 1.29 is 14.3 Å². The maximum Gasteiger partial charge on any atom is 0.319 e. The van der Waals surface area contributed by atoms with Crippen LogP contribution in [0.25, 0.3) is 10.6 Å². The lowest BCUT2D eigenvalue weighted by Gasteiger charge is -2.23. The Bertz CT molecular complexity index is 1020. The van der Waals surface area contributed by atoms with Gasteiger partial charge in [0.25, 0.3) is 0 Å². The van der Waals surface area contributed by atoms with Crippen LogP contribution in [0.4, 0.5) is 15.6 Å². The predicted octanol–water partition coefficient (Wildman–Crippen LogP) is 4.39. The van der Waals surface area contributed by atoms with Crippen LogP contribution in [0.3, 0.4) is 0 Å². The van der Waals surface area contributed by atoms with Crippen LogP contribution in [0, 0.1) is 5.92 Å². The van der Waals surface area contributed by atoms with Crippen LogP contribution in [0.2, 0.25) is 0 Å². The molecule has 3 amide bonds. The van der Waals surface area contributed by atoms with E-state index in [-0.39, 0.29) is 11.8 Å². The van der Waals surface area contributed by atoms with Crippen molar-refractivity contribution in [3.63, 3.8) is 0 Å². The van der Waals surface area contributed by atoms with Crippen LogP contribution in [-0.2, 0) is 4.79 Å². The maximum absolute atomic E-state index is 12.9. The van der Waals surface area contributed by atoms with E-state index >= 15 is 0 Å². The number of hydrogen-bond acceptors (Lipinski definition) is 6. The van der Waals surface area contributed by atoms with Gasteiger partial charge in [-0.3, -0.25) is 10.1 Å². The van der Waals surface area contributed by atoms with Gasteiger partial charge in [0.15, 0.2) is 0 Å². The Morgan fingerprint density at radius 2 is 1.84 bits per heavy atom. The summed E-state index contributed by atoms with van der Waals surface area (Å²) in [5, 5.41) is 17.6. The van der Waals surface area contributed by atoms with Crippen LogP contribution in [0.5, 0.6) is 5.75 Å². The van der Waals surface area contributed by atoms with Crippen molar-refractivity contribution in [2.45, 2.75) is 26.3 Å². The minimum absolute atomic E-state index is 0.0856. The number of ether oxygens (including phenoxy) is 1. The fraction of sp³-hybridized carbons (Fsp3) is 0.273. The molecule has 1 heterocycles. The molecule has 2 aromatic carbocycles. The van der Waals surface area contributed by atoms with Gasteiger partial charge in [0, 0.05) is 17.3 Å². The van der Waals surface area contributed by atoms with Crippen molar-refractivity contribution in [1.29, 1.82) is 0 Å². The number of carbonyl (C=O) groups excluding carboxylic acids is 2. The van der Waals surface area contributed by atoms with Crippen molar-refractivity contribution in [1.82, 2.24) is 15.5 Å². The first-order valence-electron chi connectivity index (χ1n) is 9.91. The second-order valence-electron chi connectivity index (χ2n) is 6.96. The minimum atomic E-state index is -0.736. The fourth-order valence-electron chi connectivity index (χ4n) is 2.87. The summed E-state index contributed by atoms with van der Waals surface area (Å²) in [7, 11) is 1.55. The van der Waals surface area contributed by atoms with Crippen LogP contribution >= 0.6 is 11.3 Å². The summed E-state index contributed by atoms with van der Waals surface area (Å²) < 4.78 is 5.16. The Kier molecular flexibility index (Phi) is 7.55. The van der Waals surface area contributed by atoms with E-state index in [4.69, 9.17) is 4.74 Å². The van der Waals surface area contributed by atoms with Crippen LogP contribution in [-0.4, -0.2) is 35.3 Å². The molecule has 1 aromatic heterocycles. The molecular formula is C22H25N5O3S. The van der Waals surface area contributed by atoms with E-state index in [0.717, 1.165) is 5.56 Å². The summed E-state index contributed by atoms with van der Waals surface area (Å²) in [4.78, 5) is 25.4. The van der Waals surface area contributed by atoms with Crippen LogP contribution in [0.15, 0.2) is 54.6 Å². The zero-order chi connectivity index (χ0) is 22.2. The lowest BCUT2D eigenvalue weighted by molar-refractivity contribution is -0.119. The van der Waals surface area contributed by atoms with Crippen molar-refractivity contribution in [3.8, 4) is 16.3 Å². The maximum atomic E-state index is 12.9. The lowest BCUT2D eigenvalue weighted by atomic mass is 9.98. The molecule has 3 rings (SSSR count). The Balaban J connectivity index is 1.66. The predicted molar refractivity (Wildman–Crippen MR) is 122 cm³/mol. The van der Waals surface area contributed by atoms with Gasteiger partial charge in [-0.05, 0) is 18.1 Å². The van der Waals surface area contributed by atoms with Crippen molar-refractivity contribution in [2.24, 2.45) is 5.92 Å². The van der Waals surface area contributed by atoms with Gasteiger partial charge < -0.3 is 15.4 Å². The third-order valence-corrected chi connectivity index (χ3v) is 5.67. The number of urea groups is 1. The first kappa shape index (κ1) is 22.2. The number of nitrogens with zero attached hydrogens (tertiary/aromatic N) is 2. The molecule has 0 saturated carbocycles. The molecule has 0 fully saturated rings. The highest BCUT2D eigenvalue weighted by Crippen LogP contribution is 2.26. The molecule has 0 aliphatic rings. The number of methoxy groups -OCH3 is 1. The van der Waals surface area contributed by atoms with E-state index in [9.17, 15) is 9.59 Å². The van der Waals surface area contributed by atoms with Gasteiger partial charge in [0.2, 0.25) is 11.0 Å². The molecule has 3 N–H and O–H groups in total. The summed E-state index contributed by atoms with van der Waals surface area (Å²) in [6.07, 6.45) is 0.711. The van der Waals surface area contributed by atoms with E-state index in [0.29, 0.717) is 28.0 Å². The molecule has 3 aromatic rings. The highest BCUT2D eigenvalue weighted by molar-refractivity contribution is 7.18. The molecule has 2 atom stereocenters. The van der Waals surface area contributed by atoms with Gasteiger partial charge in [-0.25, -0.2) is 4.79 Å². The largest absolute Gasteiger partial charge is 0.497 e. The molecule has 31 heavy (non-hydrogen) atoms. The first-order chi connectivity index (χ1) is 15.0. The Hall–Kier alpha value is -3.46. The van der Waals surface area contributed by atoms with Crippen molar-refractivity contribution >= 4 is 34.1 Å². The van der Waals surface area contributed by atoms with E-state index < -0.39 is 12.1 Å². The first-order valence-corrected chi connectivity index (χ1v) is 10.7. The summed E-state index contributed by atoms with van der Waals surface area (Å²) in [5.74, 6) is 0.197. The van der Waals surface area contributed by atoms with Gasteiger partial charge in [-0.1, -0.05) is 68.0 Å². The quantitative estimate of drug-likeness (QED) is 0.483. The van der Waals surface area contributed by atoms with Gasteiger partial charge in [0.1, 0.15) is 16.8 Å². The third-order valence-electron chi connectivity index (χ3n) is 4.79. The zero-order valence-corrected chi connectivity index (χ0v) is 18.4. The third kappa shape index (κ3) is 6.02. The Morgan fingerprint density at radius 3 is 2.55 bits per heavy atom. The van der Waals surface area contributed by atoms with Crippen LogP contribution in [0.1, 0.15) is 20.3 Å². The second-order valence-corrected chi connectivity index (χ2v) is 7.94. The molecule has 0 unspecified atom stereocenters. The van der Waals surface area contributed by atoms with E-state index in [1.165, 1.54) is 11.3 Å². The summed E-state index contributed by atoms with van der Waals surface area (Å²) in [6, 6.07) is 15.4. The monoisotopic (exact) mass is 439 g/mol. The number of rotatable bonds is 8. The molecule has 0 spiro atoms. The Morgan fingerprint density at radius 1 is 1.06 bits per heavy atom. The highest BCUT2D eigenvalue weighted by Gasteiger charge is 2.27. The molecule has 8 nitrogen and oxygen atoms in total. The molecular weight excluding hydrogens is 414 g/mol. The molecule has 9 heteroatoms. The second kappa shape index (κ2) is 10.5. The minimum Gasteiger partial charge on any atom is -0.497 e. The summed E-state index contributed by atoms with van der Waals surface area (Å²) >= 11 is 1.28. The van der Waals surface area contributed by atoms with Gasteiger partial charge in [0.05, 0.1) is 7.11 Å². The summed E-state index contributed by atoms with van der Waals surface area (Å²) in [6.45, 7) is 3.87. The molecule has 0 aliphatic heterocycles. The van der Waals surface area contributed by atoms with Crippen molar-refractivity contribution in [2.75, 3.05) is 17.7 Å². The van der Waals surface area contributed by atoms with E-state index in [2.05, 4.69) is 26.1 Å². The van der Waals surface area contributed by atoms with Gasteiger partial charge >= 0.3 is 6.03 Å². The SMILES string of the molecule is CC[C@@H](C)[C@@H](NC(=O)Nc1cccc(OC)c1)C(=O)Nc1nnc(-c2ccccc2)s1. The number of hydrogen-bond donors (Lipinski definition) is 3. The zero-order valence-electron chi connectivity index (χ0n) is 17.6. The summed E-state index contributed by atoms with van der Waals surface area (Å²) in [5.41, 5.74) is 1.49. The number of benzene rings is 2. The smallest absolute Gasteiger partial charge is 0.319 e. The topological polar surface area (TPSA) is 105 Å². The van der Waals surface area contributed by atoms with E-state index in [1.807, 2.05) is 44.2 Å². The van der Waals surface area contributed by atoms with Crippen LogP contribution < -0.4 is 20.7 Å². The molecule has 162 valence electrons. The van der Waals surface area contributed by atoms with E-state index in [1.54, 1.807) is 31.4 Å². The van der Waals surface area contributed by atoms with Crippen molar-refractivity contribution in [3.05, 3.63) is 54.6 Å². The molecule has 0 bridgehead atoms. The van der Waals surface area contributed by atoms with Gasteiger partial charge in [-0.2, -0.15) is 0 Å². The van der Waals surface area contributed by atoms with Gasteiger partial charge in [-0.15, -0.1) is 10.2 Å².